The van der Waals surface area contributed by atoms with Gasteiger partial charge in [-0.1, -0.05) is 12.1 Å². The van der Waals surface area contributed by atoms with Crippen molar-refractivity contribution in [2.75, 3.05) is 49.6 Å². The van der Waals surface area contributed by atoms with E-state index < -0.39 is 0 Å². The molecule has 186 valence electrons. The van der Waals surface area contributed by atoms with Gasteiger partial charge in [-0.05, 0) is 73.8 Å². The molecule has 0 bridgehead atoms. The second kappa shape index (κ2) is 11.2. The fourth-order valence-corrected chi connectivity index (χ4v) is 5.52. The molecule has 1 atom stereocenters. The molecule has 2 amide bonds. The monoisotopic (exact) mass is 477 g/mol. The molecular weight excluding hydrogens is 442 g/mol. The maximum atomic E-state index is 12.8. The fraction of sp³-hybridized carbons (Fsp3) is 0.556. The van der Waals surface area contributed by atoms with Gasteiger partial charge in [-0.3, -0.25) is 9.59 Å². The molecular formula is C27H35N5O3. The Morgan fingerprint density at radius 3 is 2.46 bits per heavy atom. The van der Waals surface area contributed by atoms with E-state index in [1.54, 1.807) is 6.20 Å². The van der Waals surface area contributed by atoms with Crippen molar-refractivity contribution in [1.29, 1.82) is 0 Å². The molecule has 4 heterocycles. The van der Waals surface area contributed by atoms with Crippen LogP contribution in [0.25, 0.3) is 0 Å². The van der Waals surface area contributed by atoms with E-state index in [1.165, 1.54) is 5.56 Å². The number of rotatable bonds is 6. The minimum atomic E-state index is -0.0558. The summed E-state index contributed by atoms with van der Waals surface area (Å²) in [7, 11) is 0. The van der Waals surface area contributed by atoms with Gasteiger partial charge < -0.3 is 19.9 Å². The van der Waals surface area contributed by atoms with Crippen molar-refractivity contribution in [3.05, 3.63) is 48.2 Å². The highest BCUT2D eigenvalue weighted by Crippen LogP contribution is 2.30. The number of carbonyl (C=O) groups is 2. The summed E-state index contributed by atoms with van der Waals surface area (Å²) in [5, 5.41) is 11.2. The fourth-order valence-electron chi connectivity index (χ4n) is 5.52. The van der Waals surface area contributed by atoms with Crippen molar-refractivity contribution in [2.24, 2.45) is 11.8 Å². The summed E-state index contributed by atoms with van der Waals surface area (Å²) in [6.45, 7) is 4.71. The Morgan fingerprint density at radius 1 is 0.971 bits per heavy atom. The van der Waals surface area contributed by atoms with E-state index >= 15 is 0 Å². The maximum Gasteiger partial charge on any atom is 0.229 e. The Morgan fingerprint density at radius 2 is 1.74 bits per heavy atom. The third-order valence-corrected chi connectivity index (χ3v) is 7.74. The van der Waals surface area contributed by atoms with Crippen LogP contribution < -0.4 is 10.2 Å². The first-order valence-electron chi connectivity index (χ1n) is 12.9. The number of carbonyl (C=O) groups excluding carboxylic acids is 2. The van der Waals surface area contributed by atoms with Crippen LogP contribution in [-0.4, -0.2) is 66.3 Å². The van der Waals surface area contributed by atoms with Crippen molar-refractivity contribution in [2.45, 2.75) is 44.4 Å². The lowest BCUT2D eigenvalue weighted by molar-refractivity contribution is -0.134. The first-order valence-corrected chi connectivity index (χ1v) is 12.9. The Kier molecular flexibility index (Phi) is 7.57. The Hall–Kier alpha value is -3.00. The summed E-state index contributed by atoms with van der Waals surface area (Å²) in [4.78, 5) is 29.7. The molecule has 0 spiro atoms. The molecule has 3 aliphatic heterocycles. The lowest BCUT2D eigenvalue weighted by Crippen LogP contribution is -2.39. The van der Waals surface area contributed by atoms with E-state index in [4.69, 9.17) is 4.74 Å². The van der Waals surface area contributed by atoms with Crippen molar-refractivity contribution in [3.8, 4) is 0 Å². The molecule has 1 aromatic carbocycles. The number of benzene rings is 1. The van der Waals surface area contributed by atoms with Crippen molar-refractivity contribution >= 4 is 23.3 Å². The standard InChI is InChI=1S/C27H35N5O3/c33-26(18-20-10-16-35-17-11-20)31-13-7-22(8-14-31)21-3-5-24(6-4-21)29-27(34)23-9-15-32(19-23)25-2-1-12-28-30-25/h1-6,12,20,22-23H,7-11,13-19H2,(H,29,34)/t23-/m0/s1. The summed E-state index contributed by atoms with van der Waals surface area (Å²) in [5.41, 5.74) is 2.12. The summed E-state index contributed by atoms with van der Waals surface area (Å²) in [6, 6.07) is 12.1. The van der Waals surface area contributed by atoms with E-state index in [0.717, 1.165) is 76.5 Å². The van der Waals surface area contributed by atoms with Crippen LogP contribution in [0.4, 0.5) is 11.5 Å². The zero-order chi connectivity index (χ0) is 24.0. The van der Waals surface area contributed by atoms with E-state index in [9.17, 15) is 9.59 Å². The van der Waals surface area contributed by atoms with E-state index in [-0.39, 0.29) is 11.8 Å². The third kappa shape index (κ3) is 5.99. The molecule has 2 aromatic rings. The molecule has 0 saturated carbocycles. The topological polar surface area (TPSA) is 87.7 Å². The minimum Gasteiger partial charge on any atom is -0.381 e. The number of ether oxygens (including phenoxy) is 1. The lowest BCUT2D eigenvalue weighted by Gasteiger charge is -2.33. The largest absolute Gasteiger partial charge is 0.381 e. The lowest BCUT2D eigenvalue weighted by atomic mass is 9.88. The summed E-state index contributed by atoms with van der Waals surface area (Å²) in [6.07, 6.45) is 7.13. The average molecular weight is 478 g/mol. The van der Waals surface area contributed by atoms with Crippen LogP contribution in [0.15, 0.2) is 42.6 Å². The van der Waals surface area contributed by atoms with Crippen molar-refractivity contribution in [3.63, 3.8) is 0 Å². The van der Waals surface area contributed by atoms with E-state index in [2.05, 4.69) is 32.5 Å². The molecule has 8 heteroatoms. The van der Waals surface area contributed by atoms with Gasteiger partial charge in [0.05, 0.1) is 5.92 Å². The van der Waals surface area contributed by atoms with Gasteiger partial charge in [-0.2, -0.15) is 5.10 Å². The molecule has 0 radical (unpaired) electrons. The second-order valence-corrected chi connectivity index (χ2v) is 10.0. The first kappa shape index (κ1) is 23.7. The Bertz CT molecular complexity index is 986. The van der Waals surface area contributed by atoms with Crippen LogP contribution >= 0.6 is 0 Å². The Labute approximate surface area is 207 Å². The van der Waals surface area contributed by atoms with Crippen LogP contribution in [-0.2, 0) is 14.3 Å². The number of amides is 2. The molecule has 1 N–H and O–H groups in total. The number of nitrogens with zero attached hydrogens (tertiary/aromatic N) is 4. The molecule has 3 aliphatic rings. The van der Waals surface area contributed by atoms with Gasteiger partial charge in [0.1, 0.15) is 0 Å². The predicted octanol–water partition coefficient (Wildman–Crippen LogP) is 3.46. The number of hydrogen-bond acceptors (Lipinski definition) is 6. The Balaban J connectivity index is 1.08. The van der Waals surface area contributed by atoms with Crippen molar-refractivity contribution < 1.29 is 14.3 Å². The normalized spacial score (nSPS) is 21.8. The zero-order valence-electron chi connectivity index (χ0n) is 20.3. The van der Waals surface area contributed by atoms with Gasteiger partial charge >= 0.3 is 0 Å². The molecule has 1 aromatic heterocycles. The van der Waals surface area contributed by atoms with Crippen LogP contribution in [0.5, 0.6) is 0 Å². The van der Waals surface area contributed by atoms with Crippen LogP contribution in [0, 0.1) is 11.8 Å². The van der Waals surface area contributed by atoms with Crippen LogP contribution in [0.1, 0.15) is 50.0 Å². The van der Waals surface area contributed by atoms with Gasteiger partial charge in [-0.15, -0.1) is 5.10 Å². The third-order valence-electron chi connectivity index (χ3n) is 7.74. The number of hydrogen-bond donors (Lipinski definition) is 1. The van der Waals surface area contributed by atoms with Gasteiger partial charge in [0.15, 0.2) is 5.82 Å². The SMILES string of the molecule is O=C(Nc1ccc(C2CCN(C(=O)CC3CCOCC3)CC2)cc1)[C@H]1CCN(c2cccnn2)C1. The first-order chi connectivity index (χ1) is 17.2. The summed E-state index contributed by atoms with van der Waals surface area (Å²) >= 11 is 0. The summed E-state index contributed by atoms with van der Waals surface area (Å²) < 4.78 is 5.41. The summed E-state index contributed by atoms with van der Waals surface area (Å²) in [5.74, 6) is 2.07. The highest BCUT2D eigenvalue weighted by atomic mass is 16.5. The van der Waals surface area contributed by atoms with Crippen LogP contribution in [0.2, 0.25) is 0 Å². The maximum absolute atomic E-state index is 12.8. The smallest absolute Gasteiger partial charge is 0.229 e. The van der Waals surface area contributed by atoms with Gasteiger partial charge in [0, 0.05) is 57.7 Å². The van der Waals surface area contributed by atoms with Crippen molar-refractivity contribution in [1.82, 2.24) is 15.1 Å². The number of aromatic nitrogens is 2. The van der Waals surface area contributed by atoms with Gasteiger partial charge in [0.25, 0.3) is 0 Å². The highest BCUT2D eigenvalue weighted by Gasteiger charge is 2.30. The zero-order valence-corrected chi connectivity index (χ0v) is 20.3. The molecule has 0 unspecified atom stereocenters. The van der Waals surface area contributed by atoms with Gasteiger partial charge in [-0.25, -0.2) is 0 Å². The second-order valence-electron chi connectivity index (χ2n) is 10.0. The number of piperidine rings is 1. The molecule has 8 nitrogen and oxygen atoms in total. The molecule has 5 rings (SSSR count). The molecule has 3 saturated heterocycles. The number of anilines is 2. The quantitative estimate of drug-likeness (QED) is 0.686. The molecule has 3 fully saturated rings. The van der Waals surface area contributed by atoms with Crippen LogP contribution in [0.3, 0.4) is 0 Å². The van der Waals surface area contributed by atoms with Gasteiger partial charge in [0.2, 0.25) is 11.8 Å². The molecule has 35 heavy (non-hydrogen) atoms. The minimum absolute atomic E-state index is 0.0558. The highest BCUT2D eigenvalue weighted by molar-refractivity contribution is 5.93. The predicted molar refractivity (Wildman–Crippen MR) is 134 cm³/mol. The van der Waals surface area contributed by atoms with E-state index in [1.807, 2.05) is 29.2 Å². The number of likely N-dealkylation sites (tertiary alicyclic amines) is 1. The number of nitrogens with one attached hydrogen (secondary N) is 1. The molecule has 0 aliphatic carbocycles. The average Bonchev–Trinajstić information content (AvgIpc) is 3.41. The van der Waals surface area contributed by atoms with E-state index in [0.29, 0.717) is 30.7 Å².